The molecule has 7 nitrogen and oxygen atoms in total. The van der Waals surface area contributed by atoms with E-state index in [-0.39, 0.29) is 11.6 Å². The minimum atomic E-state index is -0.469. The SMILES string of the molecule is CN1CCN(CCCOc2ncccc2[N+](=O)[O-])CC1. The van der Waals surface area contributed by atoms with Crippen molar-refractivity contribution in [2.45, 2.75) is 6.42 Å². The highest BCUT2D eigenvalue weighted by molar-refractivity contribution is 5.39. The van der Waals surface area contributed by atoms with Crippen LogP contribution in [0.5, 0.6) is 5.88 Å². The van der Waals surface area contributed by atoms with Gasteiger partial charge in [-0.05, 0) is 19.5 Å². The Bertz CT molecular complexity index is 447. The number of hydrogen-bond donors (Lipinski definition) is 0. The summed E-state index contributed by atoms with van der Waals surface area (Å²) in [5, 5.41) is 10.8. The Balaban J connectivity index is 1.72. The predicted molar refractivity (Wildman–Crippen MR) is 74.9 cm³/mol. The van der Waals surface area contributed by atoms with E-state index in [2.05, 4.69) is 21.8 Å². The van der Waals surface area contributed by atoms with Crippen LogP contribution in [0.1, 0.15) is 6.42 Å². The predicted octanol–water partition coefficient (Wildman–Crippen LogP) is 1.01. The summed E-state index contributed by atoms with van der Waals surface area (Å²) in [6, 6.07) is 2.94. The van der Waals surface area contributed by atoms with E-state index in [1.165, 1.54) is 18.3 Å². The van der Waals surface area contributed by atoms with Crippen LogP contribution in [0.4, 0.5) is 5.69 Å². The van der Waals surface area contributed by atoms with Crippen molar-refractivity contribution in [3.8, 4) is 5.88 Å². The second-order valence-corrected chi connectivity index (χ2v) is 4.93. The highest BCUT2D eigenvalue weighted by Gasteiger charge is 2.16. The fraction of sp³-hybridized carbons (Fsp3) is 0.615. The summed E-state index contributed by atoms with van der Waals surface area (Å²) in [5.74, 6) is 0.107. The van der Waals surface area contributed by atoms with Crippen LogP contribution < -0.4 is 4.74 Å². The van der Waals surface area contributed by atoms with Crippen molar-refractivity contribution >= 4 is 5.69 Å². The van der Waals surface area contributed by atoms with E-state index in [1.54, 1.807) is 0 Å². The number of rotatable bonds is 6. The molecule has 0 unspecified atom stereocenters. The molecule has 0 bridgehead atoms. The van der Waals surface area contributed by atoms with Gasteiger partial charge in [0.25, 0.3) is 5.88 Å². The second kappa shape index (κ2) is 7.16. The van der Waals surface area contributed by atoms with E-state index in [1.807, 2.05) is 0 Å². The third-order valence-corrected chi connectivity index (χ3v) is 3.40. The van der Waals surface area contributed by atoms with Crippen LogP contribution in [-0.2, 0) is 0 Å². The molecule has 0 atom stereocenters. The van der Waals surface area contributed by atoms with Crippen molar-refractivity contribution in [2.75, 3.05) is 46.4 Å². The van der Waals surface area contributed by atoms with Crippen molar-refractivity contribution in [3.05, 3.63) is 28.4 Å². The van der Waals surface area contributed by atoms with Gasteiger partial charge in [0.2, 0.25) is 0 Å². The van der Waals surface area contributed by atoms with E-state index < -0.39 is 4.92 Å². The number of likely N-dealkylation sites (N-methyl/N-ethyl adjacent to an activating group) is 1. The summed E-state index contributed by atoms with van der Waals surface area (Å²) >= 11 is 0. The Kier molecular flexibility index (Phi) is 5.25. The minimum absolute atomic E-state index is 0.0768. The summed E-state index contributed by atoms with van der Waals surface area (Å²) in [7, 11) is 2.13. The van der Waals surface area contributed by atoms with Gasteiger partial charge in [-0.15, -0.1) is 0 Å². The normalized spacial score (nSPS) is 17.1. The highest BCUT2D eigenvalue weighted by Crippen LogP contribution is 2.22. The Morgan fingerprint density at radius 3 is 2.85 bits per heavy atom. The molecule has 0 radical (unpaired) electrons. The van der Waals surface area contributed by atoms with Gasteiger partial charge in [-0.1, -0.05) is 0 Å². The quantitative estimate of drug-likeness (QED) is 0.440. The first-order valence-corrected chi connectivity index (χ1v) is 6.80. The van der Waals surface area contributed by atoms with Crippen molar-refractivity contribution < 1.29 is 9.66 Å². The maximum atomic E-state index is 10.8. The third kappa shape index (κ3) is 4.14. The molecule has 1 aromatic heterocycles. The van der Waals surface area contributed by atoms with Crippen LogP contribution >= 0.6 is 0 Å². The van der Waals surface area contributed by atoms with Gasteiger partial charge in [-0.3, -0.25) is 10.1 Å². The molecule has 0 aliphatic carbocycles. The summed E-state index contributed by atoms with van der Waals surface area (Å²) in [4.78, 5) is 18.9. The number of aromatic nitrogens is 1. The van der Waals surface area contributed by atoms with E-state index in [0.717, 1.165) is 39.1 Å². The number of nitrogens with zero attached hydrogens (tertiary/aromatic N) is 4. The average molecular weight is 280 g/mol. The number of nitro groups is 1. The molecule has 7 heteroatoms. The standard InChI is InChI=1S/C13H20N4O3/c1-15-7-9-16(10-8-15)6-3-11-20-13-12(17(18)19)4-2-5-14-13/h2,4-5H,3,6-11H2,1H3. The second-order valence-electron chi connectivity index (χ2n) is 4.93. The Morgan fingerprint density at radius 2 is 2.15 bits per heavy atom. The van der Waals surface area contributed by atoms with Crippen LogP contribution in [0.25, 0.3) is 0 Å². The molecule has 0 N–H and O–H groups in total. The first-order valence-electron chi connectivity index (χ1n) is 6.80. The maximum Gasteiger partial charge on any atom is 0.330 e. The zero-order valence-corrected chi connectivity index (χ0v) is 11.7. The molecule has 0 amide bonds. The molecule has 1 aromatic rings. The van der Waals surface area contributed by atoms with Gasteiger partial charge in [-0.25, -0.2) is 4.98 Å². The fourth-order valence-electron chi connectivity index (χ4n) is 2.16. The summed E-state index contributed by atoms with van der Waals surface area (Å²) in [5.41, 5.74) is -0.0768. The number of piperazine rings is 1. The van der Waals surface area contributed by atoms with Crippen LogP contribution in [0.15, 0.2) is 18.3 Å². The zero-order valence-electron chi connectivity index (χ0n) is 11.7. The van der Waals surface area contributed by atoms with Crippen molar-refractivity contribution in [1.82, 2.24) is 14.8 Å². The molecular weight excluding hydrogens is 260 g/mol. The summed E-state index contributed by atoms with van der Waals surface area (Å²) in [6.07, 6.45) is 2.35. The molecule has 110 valence electrons. The van der Waals surface area contributed by atoms with Gasteiger partial charge in [-0.2, -0.15) is 0 Å². The van der Waals surface area contributed by atoms with Crippen LogP contribution in [0.3, 0.4) is 0 Å². The first kappa shape index (κ1) is 14.7. The van der Waals surface area contributed by atoms with E-state index in [0.29, 0.717) is 6.61 Å². The number of hydrogen-bond acceptors (Lipinski definition) is 6. The molecule has 1 fully saturated rings. The lowest BCUT2D eigenvalue weighted by Crippen LogP contribution is -2.44. The van der Waals surface area contributed by atoms with Crippen LogP contribution in [-0.4, -0.2) is 66.1 Å². The molecule has 1 aliphatic rings. The molecule has 2 heterocycles. The fourth-order valence-corrected chi connectivity index (χ4v) is 2.16. The Labute approximate surface area is 118 Å². The molecule has 20 heavy (non-hydrogen) atoms. The molecule has 0 aromatic carbocycles. The number of pyridine rings is 1. The van der Waals surface area contributed by atoms with Crippen LogP contribution in [0, 0.1) is 10.1 Å². The lowest BCUT2D eigenvalue weighted by molar-refractivity contribution is -0.386. The molecular formula is C13H20N4O3. The average Bonchev–Trinajstić information content (AvgIpc) is 2.46. The van der Waals surface area contributed by atoms with Gasteiger partial charge in [0.05, 0.1) is 11.5 Å². The molecule has 1 saturated heterocycles. The number of ether oxygens (including phenoxy) is 1. The Hall–Kier alpha value is -1.73. The smallest absolute Gasteiger partial charge is 0.330 e. The third-order valence-electron chi connectivity index (χ3n) is 3.40. The monoisotopic (exact) mass is 280 g/mol. The van der Waals surface area contributed by atoms with Gasteiger partial charge in [0, 0.05) is 45.0 Å². The van der Waals surface area contributed by atoms with Gasteiger partial charge in [0.1, 0.15) is 0 Å². The van der Waals surface area contributed by atoms with Crippen molar-refractivity contribution in [1.29, 1.82) is 0 Å². The summed E-state index contributed by atoms with van der Waals surface area (Å²) < 4.78 is 5.42. The van der Waals surface area contributed by atoms with Crippen LogP contribution in [0.2, 0.25) is 0 Å². The Morgan fingerprint density at radius 1 is 1.40 bits per heavy atom. The lowest BCUT2D eigenvalue weighted by Gasteiger charge is -2.32. The minimum Gasteiger partial charge on any atom is -0.473 e. The van der Waals surface area contributed by atoms with E-state index >= 15 is 0 Å². The highest BCUT2D eigenvalue weighted by atomic mass is 16.6. The first-order chi connectivity index (χ1) is 9.66. The maximum absolute atomic E-state index is 10.8. The lowest BCUT2D eigenvalue weighted by atomic mass is 10.3. The van der Waals surface area contributed by atoms with E-state index in [4.69, 9.17) is 4.74 Å². The van der Waals surface area contributed by atoms with Gasteiger partial charge < -0.3 is 14.5 Å². The van der Waals surface area contributed by atoms with Crippen molar-refractivity contribution in [3.63, 3.8) is 0 Å². The summed E-state index contributed by atoms with van der Waals surface area (Å²) in [6.45, 7) is 5.72. The van der Waals surface area contributed by atoms with Crippen molar-refractivity contribution in [2.24, 2.45) is 0 Å². The molecule has 0 saturated carbocycles. The molecule has 0 spiro atoms. The zero-order chi connectivity index (χ0) is 14.4. The molecule has 1 aliphatic heterocycles. The van der Waals surface area contributed by atoms with Gasteiger partial charge >= 0.3 is 5.69 Å². The van der Waals surface area contributed by atoms with E-state index in [9.17, 15) is 10.1 Å². The molecule has 2 rings (SSSR count). The largest absolute Gasteiger partial charge is 0.473 e. The van der Waals surface area contributed by atoms with Gasteiger partial charge in [0.15, 0.2) is 0 Å². The topological polar surface area (TPSA) is 71.7 Å².